The molecule has 118 valence electrons. The second-order valence-corrected chi connectivity index (χ2v) is 6.47. The molecular formula is C11H14F3N3O3S. The van der Waals surface area contributed by atoms with Crippen molar-refractivity contribution in [2.45, 2.75) is 18.0 Å². The number of anilines is 1. The van der Waals surface area contributed by atoms with Crippen molar-refractivity contribution in [3.63, 3.8) is 0 Å². The molecule has 0 atom stereocenters. The van der Waals surface area contributed by atoms with E-state index >= 15 is 0 Å². The molecule has 0 bridgehead atoms. The van der Waals surface area contributed by atoms with Crippen LogP contribution in [0.3, 0.4) is 0 Å². The molecule has 21 heavy (non-hydrogen) atoms. The number of hydrogen-bond donors (Lipinski definition) is 1. The number of carbonyl (C=O) groups excluding carboxylic acids is 1. The molecule has 0 unspecified atom stereocenters. The number of nitrogens with zero attached hydrogens (tertiary/aromatic N) is 2. The summed E-state index contributed by atoms with van der Waals surface area (Å²) in [7, 11) is -3.49. The van der Waals surface area contributed by atoms with Gasteiger partial charge >= 0.3 is 6.18 Å². The highest BCUT2D eigenvalue weighted by Gasteiger charge is 2.32. The van der Waals surface area contributed by atoms with Gasteiger partial charge in [-0.3, -0.25) is 4.79 Å². The summed E-state index contributed by atoms with van der Waals surface area (Å²) >= 11 is 0. The van der Waals surface area contributed by atoms with Gasteiger partial charge in [-0.25, -0.2) is 13.4 Å². The maximum Gasteiger partial charge on any atom is 0.405 e. The molecule has 0 aliphatic rings. The second-order valence-electron chi connectivity index (χ2n) is 4.19. The smallest absolute Gasteiger partial charge is 0.368 e. The highest BCUT2D eigenvalue weighted by atomic mass is 32.2. The fourth-order valence-electron chi connectivity index (χ4n) is 1.53. The monoisotopic (exact) mass is 325 g/mol. The van der Waals surface area contributed by atoms with Crippen molar-refractivity contribution in [3.8, 4) is 0 Å². The van der Waals surface area contributed by atoms with Gasteiger partial charge < -0.3 is 10.6 Å². The number of halogens is 3. The number of nitrogens with two attached hydrogens (primary N) is 1. The Labute approximate surface area is 119 Å². The Balaban J connectivity index is 3.06. The first-order valence-corrected chi connectivity index (χ1v) is 7.49. The molecule has 0 aromatic carbocycles. The largest absolute Gasteiger partial charge is 0.405 e. The molecule has 1 heterocycles. The second kappa shape index (κ2) is 6.29. The molecule has 1 aromatic rings. The predicted octanol–water partition coefficient (Wildman–Crippen LogP) is 0.729. The maximum atomic E-state index is 12.4. The quantitative estimate of drug-likeness (QED) is 0.832. The summed E-state index contributed by atoms with van der Waals surface area (Å²) in [5, 5.41) is 0. The van der Waals surface area contributed by atoms with E-state index in [2.05, 4.69) is 4.98 Å². The lowest BCUT2D eigenvalue weighted by Crippen LogP contribution is -2.40. The molecule has 0 saturated heterocycles. The van der Waals surface area contributed by atoms with Crippen LogP contribution in [0.15, 0.2) is 23.2 Å². The Kier molecular flexibility index (Phi) is 5.15. The van der Waals surface area contributed by atoms with Gasteiger partial charge in [-0.05, 0) is 12.1 Å². The molecule has 1 amide bonds. The fourth-order valence-corrected chi connectivity index (χ4v) is 2.35. The molecule has 0 saturated carbocycles. The third-order valence-corrected chi connectivity index (χ3v) is 4.22. The van der Waals surface area contributed by atoms with Crippen molar-refractivity contribution in [2.75, 3.05) is 23.7 Å². The summed E-state index contributed by atoms with van der Waals surface area (Å²) in [6, 6.07) is 2.25. The Morgan fingerprint density at radius 2 is 2.00 bits per heavy atom. The fraction of sp³-hybridized carbons (Fsp3) is 0.455. The summed E-state index contributed by atoms with van der Waals surface area (Å²) in [4.78, 5) is 15.0. The van der Waals surface area contributed by atoms with E-state index < -0.39 is 35.0 Å². The molecule has 1 aromatic heterocycles. The number of hydrogen-bond acceptors (Lipinski definition) is 5. The first-order valence-electron chi connectivity index (χ1n) is 5.84. The van der Waals surface area contributed by atoms with Crippen LogP contribution in [-0.4, -0.2) is 44.3 Å². The number of carbonyl (C=O) groups is 1. The van der Waals surface area contributed by atoms with Crippen LogP contribution in [0.25, 0.3) is 0 Å². The van der Waals surface area contributed by atoms with Crippen LogP contribution < -0.4 is 10.6 Å². The summed E-state index contributed by atoms with van der Waals surface area (Å²) in [6.07, 6.45) is -3.59. The van der Waals surface area contributed by atoms with E-state index in [1.165, 1.54) is 6.92 Å². The molecule has 6 nitrogen and oxygen atoms in total. The average molecular weight is 325 g/mol. The molecule has 0 radical (unpaired) electrons. The number of amides is 1. The summed E-state index contributed by atoms with van der Waals surface area (Å²) < 4.78 is 60.5. The van der Waals surface area contributed by atoms with Crippen LogP contribution in [0.1, 0.15) is 6.92 Å². The first-order chi connectivity index (χ1) is 9.55. The third kappa shape index (κ3) is 5.21. The molecule has 1 rings (SSSR count). The van der Waals surface area contributed by atoms with Crippen LogP contribution in [0, 0.1) is 0 Å². The van der Waals surface area contributed by atoms with Crippen molar-refractivity contribution in [1.82, 2.24) is 4.98 Å². The molecular weight excluding hydrogens is 311 g/mol. The zero-order chi connectivity index (χ0) is 16.3. The summed E-state index contributed by atoms with van der Waals surface area (Å²) in [5.74, 6) is -1.28. The zero-order valence-corrected chi connectivity index (χ0v) is 11.9. The van der Waals surface area contributed by atoms with Crippen molar-refractivity contribution in [3.05, 3.63) is 18.3 Å². The highest BCUT2D eigenvalue weighted by molar-refractivity contribution is 7.91. The standard InChI is InChI=1S/C11H14F3N3O3S/c1-2-21(19,20)8-3-4-10(16-5-8)17(6-9(15)18)7-11(12,13)14/h3-5H,2,6-7H2,1H3,(H2,15,18). The Hall–Kier alpha value is -1.84. The number of pyridine rings is 1. The number of alkyl halides is 3. The van der Waals surface area contributed by atoms with Gasteiger partial charge in [-0.2, -0.15) is 13.2 Å². The van der Waals surface area contributed by atoms with E-state index in [1.807, 2.05) is 0 Å². The Bertz CT molecular complexity index is 599. The van der Waals surface area contributed by atoms with Crippen LogP contribution in [-0.2, 0) is 14.6 Å². The summed E-state index contributed by atoms with van der Waals surface area (Å²) in [5.41, 5.74) is 4.90. The van der Waals surface area contributed by atoms with E-state index in [-0.39, 0.29) is 16.5 Å². The molecule has 0 aliphatic heterocycles. The van der Waals surface area contributed by atoms with Gasteiger partial charge in [0.2, 0.25) is 5.91 Å². The van der Waals surface area contributed by atoms with E-state index in [4.69, 9.17) is 5.73 Å². The zero-order valence-electron chi connectivity index (χ0n) is 11.1. The summed E-state index contributed by atoms with van der Waals surface area (Å²) in [6.45, 7) is -0.651. The first kappa shape index (κ1) is 17.2. The lowest BCUT2D eigenvalue weighted by atomic mass is 10.4. The molecule has 2 N–H and O–H groups in total. The SMILES string of the molecule is CCS(=O)(=O)c1ccc(N(CC(N)=O)CC(F)(F)F)nc1. The number of aromatic nitrogens is 1. The van der Waals surface area contributed by atoms with Gasteiger partial charge in [0.15, 0.2) is 9.84 Å². The Morgan fingerprint density at radius 1 is 1.38 bits per heavy atom. The minimum atomic E-state index is -4.55. The minimum absolute atomic E-state index is 0.0974. The molecule has 0 aliphatic carbocycles. The molecule has 0 fully saturated rings. The highest BCUT2D eigenvalue weighted by Crippen LogP contribution is 2.21. The van der Waals surface area contributed by atoms with E-state index in [0.717, 1.165) is 18.3 Å². The predicted molar refractivity (Wildman–Crippen MR) is 69.4 cm³/mol. The van der Waals surface area contributed by atoms with Gasteiger partial charge in [0.05, 0.1) is 17.2 Å². The lowest BCUT2D eigenvalue weighted by molar-refractivity contribution is -0.122. The van der Waals surface area contributed by atoms with Gasteiger partial charge in [0.1, 0.15) is 12.4 Å². The van der Waals surface area contributed by atoms with Crippen molar-refractivity contribution >= 4 is 21.6 Å². The normalized spacial score (nSPS) is 12.2. The van der Waals surface area contributed by atoms with Crippen molar-refractivity contribution in [1.29, 1.82) is 0 Å². The van der Waals surface area contributed by atoms with Gasteiger partial charge in [0, 0.05) is 6.20 Å². The van der Waals surface area contributed by atoms with E-state index in [9.17, 15) is 26.4 Å². The van der Waals surface area contributed by atoms with E-state index in [1.54, 1.807) is 0 Å². The third-order valence-electron chi connectivity index (χ3n) is 2.50. The molecule has 0 spiro atoms. The molecule has 10 heteroatoms. The Morgan fingerprint density at radius 3 is 2.38 bits per heavy atom. The lowest BCUT2D eigenvalue weighted by Gasteiger charge is -2.23. The number of sulfone groups is 1. The van der Waals surface area contributed by atoms with Crippen LogP contribution in [0.2, 0.25) is 0 Å². The van der Waals surface area contributed by atoms with Crippen LogP contribution in [0.5, 0.6) is 0 Å². The van der Waals surface area contributed by atoms with Crippen LogP contribution in [0.4, 0.5) is 19.0 Å². The minimum Gasteiger partial charge on any atom is -0.368 e. The van der Waals surface area contributed by atoms with Gasteiger partial charge in [-0.1, -0.05) is 6.92 Å². The average Bonchev–Trinajstić information content (AvgIpc) is 2.36. The van der Waals surface area contributed by atoms with Gasteiger partial charge in [-0.15, -0.1) is 0 Å². The van der Waals surface area contributed by atoms with Crippen LogP contribution >= 0.6 is 0 Å². The van der Waals surface area contributed by atoms with E-state index in [0.29, 0.717) is 4.90 Å². The van der Waals surface area contributed by atoms with Crippen molar-refractivity contribution in [2.24, 2.45) is 5.73 Å². The van der Waals surface area contributed by atoms with Gasteiger partial charge in [0.25, 0.3) is 0 Å². The number of primary amides is 1. The maximum absolute atomic E-state index is 12.4. The number of rotatable bonds is 6. The topological polar surface area (TPSA) is 93.4 Å². The van der Waals surface area contributed by atoms with Crippen molar-refractivity contribution < 1.29 is 26.4 Å².